The molecule has 8 nitrogen and oxygen atoms in total. The van der Waals surface area contributed by atoms with Gasteiger partial charge in [0.2, 0.25) is 0 Å². The molecule has 2 heterocycles. The quantitative estimate of drug-likeness (QED) is 0.401. The highest BCUT2D eigenvalue weighted by atomic mass is 19.1. The number of halogens is 1. The minimum Gasteiger partial charge on any atom is -0.374 e. The lowest BCUT2D eigenvalue weighted by Crippen LogP contribution is -2.62. The van der Waals surface area contributed by atoms with Gasteiger partial charge in [-0.3, -0.25) is 14.4 Å². The van der Waals surface area contributed by atoms with Crippen molar-refractivity contribution in [2.24, 2.45) is 13.0 Å². The summed E-state index contributed by atoms with van der Waals surface area (Å²) in [6.45, 7) is 7.43. The summed E-state index contributed by atoms with van der Waals surface area (Å²) >= 11 is 0. The van der Waals surface area contributed by atoms with Crippen LogP contribution in [0.5, 0.6) is 0 Å². The highest BCUT2D eigenvalue weighted by Crippen LogP contribution is 2.24. The molecule has 1 fully saturated rings. The molecule has 2 N–H and O–H groups in total. The van der Waals surface area contributed by atoms with E-state index in [9.17, 15) is 18.8 Å². The molecule has 34 heavy (non-hydrogen) atoms. The first-order valence-corrected chi connectivity index (χ1v) is 10.6. The van der Waals surface area contributed by atoms with Gasteiger partial charge in [0.25, 0.3) is 17.6 Å². The van der Waals surface area contributed by atoms with Gasteiger partial charge >= 0.3 is 0 Å². The third kappa shape index (κ3) is 4.70. The smallest absolute Gasteiger partial charge is 0.293 e. The molecule has 1 aliphatic heterocycles. The standard InChI is InChI=1S/C25H25FN4O4/c1-14(2)8-9-25(12-34-13-25)29-24(33)22(31)20-15(3)21(30(5)16(20)4)23(32)28-18-6-7-19(26)17(10-18)11-27/h6-7,10,14H,12-13H2,1-5H3,(H,28,32)(H,29,33). The van der Waals surface area contributed by atoms with Crippen LogP contribution in [0.3, 0.4) is 0 Å². The predicted molar refractivity (Wildman–Crippen MR) is 123 cm³/mol. The van der Waals surface area contributed by atoms with E-state index < -0.39 is 29.0 Å². The zero-order chi connectivity index (χ0) is 25.2. The maximum absolute atomic E-state index is 13.6. The fraction of sp³-hybridized carbons (Fsp3) is 0.360. The number of hydrogen-bond acceptors (Lipinski definition) is 5. The molecule has 1 aliphatic rings. The Morgan fingerprint density at radius 3 is 2.47 bits per heavy atom. The zero-order valence-electron chi connectivity index (χ0n) is 19.6. The largest absolute Gasteiger partial charge is 0.374 e. The normalized spacial score (nSPS) is 13.8. The summed E-state index contributed by atoms with van der Waals surface area (Å²) in [6.07, 6.45) is 0. The van der Waals surface area contributed by atoms with Gasteiger partial charge in [-0.15, -0.1) is 0 Å². The molecule has 2 aromatic rings. The summed E-state index contributed by atoms with van der Waals surface area (Å²) in [6, 6.07) is 5.35. The van der Waals surface area contributed by atoms with Crippen molar-refractivity contribution in [3.05, 3.63) is 52.1 Å². The summed E-state index contributed by atoms with van der Waals surface area (Å²) in [5.41, 5.74) is 0.155. The first-order chi connectivity index (χ1) is 16.0. The lowest BCUT2D eigenvalue weighted by molar-refractivity contribution is -0.124. The summed E-state index contributed by atoms with van der Waals surface area (Å²) < 4.78 is 20.3. The van der Waals surface area contributed by atoms with Crippen LogP contribution in [0.2, 0.25) is 0 Å². The van der Waals surface area contributed by atoms with Crippen molar-refractivity contribution in [1.29, 1.82) is 5.26 Å². The molecule has 176 valence electrons. The van der Waals surface area contributed by atoms with Gasteiger partial charge in [-0.1, -0.05) is 25.7 Å². The van der Waals surface area contributed by atoms with Gasteiger partial charge in [0.1, 0.15) is 23.1 Å². The van der Waals surface area contributed by atoms with Crippen LogP contribution in [0.4, 0.5) is 10.1 Å². The van der Waals surface area contributed by atoms with Crippen molar-refractivity contribution < 1.29 is 23.5 Å². The molecule has 0 unspecified atom stereocenters. The number of ether oxygens (including phenoxy) is 1. The van der Waals surface area contributed by atoms with E-state index in [-0.39, 0.29) is 41.6 Å². The van der Waals surface area contributed by atoms with E-state index in [1.54, 1.807) is 27.0 Å². The van der Waals surface area contributed by atoms with E-state index in [1.165, 1.54) is 16.7 Å². The van der Waals surface area contributed by atoms with Crippen LogP contribution in [0, 0.1) is 48.8 Å². The summed E-state index contributed by atoms with van der Waals surface area (Å²) in [5, 5.41) is 14.3. The average molecular weight is 464 g/mol. The fourth-order valence-corrected chi connectivity index (χ4v) is 3.66. The number of ketones is 1. The molecular formula is C25H25FN4O4. The lowest BCUT2D eigenvalue weighted by atomic mass is 9.96. The number of Topliss-reactive ketones (excluding diaryl/α,β-unsaturated/α-hetero) is 1. The van der Waals surface area contributed by atoms with Gasteiger partial charge in [-0.25, -0.2) is 4.39 Å². The third-order valence-electron chi connectivity index (χ3n) is 5.57. The van der Waals surface area contributed by atoms with E-state index in [1.807, 2.05) is 13.8 Å². The molecule has 0 saturated carbocycles. The number of rotatable bonds is 5. The predicted octanol–water partition coefficient (Wildman–Crippen LogP) is 2.63. The van der Waals surface area contributed by atoms with E-state index in [4.69, 9.17) is 10.00 Å². The van der Waals surface area contributed by atoms with Crippen LogP contribution < -0.4 is 10.6 Å². The second-order valence-electron chi connectivity index (χ2n) is 8.54. The first-order valence-electron chi connectivity index (χ1n) is 10.6. The summed E-state index contributed by atoms with van der Waals surface area (Å²) in [4.78, 5) is 38.9. The van der Waals surface area contributed by atoms with Crippen LogP contribution in [0.1, 0.15) is 51.5 Å². The van der Waals surface area contributed by atoms with Crippen molar-refractivity contribution in [3.63, 3.8) is 0 Å². The Kier molecular flexibility index (Phi) is 6.90. The van der Waals surface area contributed by atoms with Gasteiger partial charge in [0.15, 0.2) is 0 Å². The maximum atomic E-state index is 13.6. The van der Waals surface area contributed by atoms with Crippen LogP contribution in [-0.4, -0.2) is 40.9 Å². The molecule has 0 spiro atoms. The Balaban J connectivity index is 1.86. The average Bonchev–Trinajstić information content (AvgIpc) is 2.98. The van der Waals surface area contributed by atoms with Crippen LogP contribution >= 0.6 is 0 Å². The van der Waals surface area contributed by atoms with Gasteiger partial charge < -0.3 is 19.9 Å². The van der Waals surface area contributed by atoms with E-state index in [2.05, 4.69) is 22.5 Å². The van der Waals surface area contributed by atoms with Crippen LogP contribution in [-0.2, 0) is 16.6 Å². The number of carbonyl (C=O) groups excluding carboxylic acids is 3. The highest BCUT2D eigenvalue weighted by Gasteiger charge is 2.41. The highest BCUT2D eigenvalue weighted by molar-refractivity contribution is 6.44. The number of amides is 2. The molecule has 9 heteroatoms. The molecule has 1 aromatic heterocycles. The van der Waals surface area contributed by atoms with Crippen molar-refractivity contribution in [1.82, 2.24) is 9.88 Å². The van der Waals surface area contributed by atoms with Crippen LogP contribution in [0.25, 0.3) is 0 Å². The van der Waals surface area contributed by atoms with Gasteiger partial charge in [-0.2, -0.15) is 5.26 Å². The van der Waals surface area contributed by atoms with E-state index in [0.717, 1.165) is 6.07 Å². The maximum Gasteiger partial charge on any atom is 0.293 e. The number of nitrogens with zero attached hydrogens (tertiary/aromatic N) is 2. The molecule has 1 saturated heterocycles. The molecular weight excluding hydrogens is 439 g/mol. The second-order valence-corrected chi connectivity index (χ2v) is 8.54. The minimum atomic E-state index is -0.908. The number of carbonyl (C=O) groups is 3. The van der Waals surface area contributed by atoms with Crippen molar-refractivity contribution >= 4 is 23.3 Å². The Morgan fingerprint density at radius 2 is 1.91 bits per heavy atom. The lowest BCUT2D eigenvalue weighted by Gasteiger charge is -2.37. The Bertz CT molecular complexity index is 1290. The number of hydrogen-bond donors (Lipinski definition) is 2. The molecule has 0 bridgehead atoms. The van der Waals surface area contributed by atoms with Crippen molar-refractivity contribution in [2.45, 2.75) is 33.2 Å². The SMILES string of the molecule is Cc1c(C(=O)C(=O)NC2(C#CC(C)C)COC2)c(C)n(C)c1C(=O)Nc1ccc(F)c(C#N)c1. The molecule has 1 aromatic carbocycles. The third-order valence-corrected chi connectivity index (χ3v) is 5.57. The van der Waals surface area contributed by atoms with Gasteiger partial charge in [0, 0.05) is 24.3 Å². The monoisotopic (exact) mass is 464 g/mol. The summed E-state index contributed by atoms with van der Waals surface area (Å²) in [5.74, 6) is 3.22. The summed E-state index contributed by atoms with van der Waals surface area (Å²) in [7, 11) is 1.60. The van der Waals surface area contributed by atoms with E-state index >= 15 is 0 Å². The first kappa shape index (κ1) is 24.7. The molecule has 0 radical (unpaired) electrons. The number of nitrogens with one attached hydrogen (secondary N) is 2. The van der Waals surface area contributed by atoms with Gasteiger partial charge in [0.05, 0.1) is 24.3 Å². The van der Waals surface area contributed by atoms with Gasteiger partial charge in [-0.05, 0) is 37.6 Å². The topological polar surface area (TPSA) is 113 Å². The second kappa shape index (κ2) is 9.50. The molecule has 3 rings (SSSR count). The number of nitriles is 1. The molecule has 2 amide bonds. The van der Waals surface area contributed by atoms with E-state index in [0.29, 0.717) is 11.3 Å². The zero-order valence-corrected chi connectivity index (χ0v) is 19.6. The van der Waals surface area contributed by atoms with Crippen molar-refractivity contribution in [3.8, 4) is 17.9 Å². The van der Waals surface area contributed by atoms with Crippen LogP contribution in [0.15, 0.2) is 18.2 Å². The number of anilines is 1. The molecule has 0 aliphatic carbocycles. The van der Waals surface area contributed by atoms with Crippen molar-refractivity contribution in [2.75, 3.05) is 18.5 Å². The molecule has 0 atom stereocenters. The fourth-order valence-electron chi connectivity index (χ4n) is 3.66. The Morgan fingerprint density at radius 1 is 1.24 bits per heavy atom. The Hall–Kier alpha value is -3.95. The number of aromatic nitrogens is 1. The minimum absolute atomic E-state index is 0.0927. The Labute approximate surface area is 197 Å². The number of benzene rings is 1.